The average Bonchev–Trinajstić information content (AvgIpc) is 2.94. The Hall–Kier alpha value is -4.62. The molecule has 0 fully saturated rings. The minimum Gasteiger partial charge on any atom is -0.325 e. The third-order valence-electron chi connectivity index (χ3n) is 5.93. The van der Waals surface area contributed by atoms with Crippen molar-refractivity contribution in [3.8, 4) is 0 Å². The molecule has 1 amide bonds. The number of carbonyl (C=O) groups is 1. The van der Waals surface area contributed by atoms with Gasteiger partial charge in [-0.2, -0.15) is 21.8 Å². The summed E-state index contributed by atoms with van der Waals surface area (Å²) in [6.07, 6.45) is 2.43. The lowest BCUT2D eigenvalue weighted by atomic mass is 10.1. The van der Waals surface area contributed by atoms with Crippen molar-refractivity contribution in [3.63, 3.8) is 0 Å². The van der Waals surface area contributed by atoms with Crippen LogP contribution in [0.15, 0.2) is 106 Å². The number of pyridine rings is 1. The molecular formula is C30H23N3O7S3. The highest BCUT2D eigenvalue weighted by Crippen LogP contribution is 2.29. The van der Waals surface area contributed by atoms with Gasteiger partial charge in [-0.1, -0.05) is 66.7 Å². The number of aliphatic imine (C=N–C) groups is 1. The second kappa shape index (κ2) is 13.1. The van der Waals surface area contributed by atoms with Crippen molar-refractivity contribution in [2.75, 3.05) is 5.32 Å². The van der Waals surface area contributed by atoms with Crippen molar-refractivity contribution in [1.29, 1.82) is 0 Å². The maximum Gasteiger partial charge on any atom is 0.297 e. The lowest BCUT2D eigenvalue weighted by molar-refractivity contribution is -0.114. The molecule has 5 aromatic rings. The van der Waals surface area contributed by atoms with Crippen LogP contribution in [0.2, 0.25) is 0 Å². The van der Waals surface area contributed by atoms with Gasteiger partial charge in [0.2, 0.25) is 5.91 Å². The number of para-hydroxylation sites is 2. The molecule has 0 spiro atoms. The third-order valence-corrected chi connectivity index (χ3v) is 7.90. The summed E-state index contributed by atoms with van der Waals surface area (Å²) in [5.41, 5.74) is 2.10. The Balaban J connectivity index is 0.000000248. The van der Waals surface area contributed by atoms with E-state index in [2.05, 4.69) is 50.9 Å². The summed E-state index contributed by atoms with van der Waals surface area (Å²) < 4.78 is 66.0. The fraction of sp³-hybridized carbons (Fsp3) is 0.0333. The van der Waals surface area contributed by atoms with E-state index in [-0.39, 0.29) is 22.5 Å². The number of anilines is 1. The lowest BCUT2D eigenvalue weighted by Crippen LogP contribution is -2.12. The zero-order chi connectivity index (χ0) is 31.2. The Bertz CT molecular complexity index is 2050. The lowest BCUT2D eigenvalue weighted by Gasteiger charge is -2.10. The molecule has 1 aromatic heterocycles. The van der Waals surface area contributed by atoms with E-state index < -0.39 is 35.9 Å². The van der Waals surface area contributed by atoms with E-state index in [1.165, 1.54) is 60.2 Å². The number of benzene rings is 4. The number of fused-ring (bicyclic) bond motifs is 2. The number of hydrogen-bond donors (Lipinski definition) is 3. The first kappa shape index (κ1) is 31.3. The van der Waals surface area contributed by atoms with E-state index >= 15 is 0 Å². The predicted octanol–water partition coefficient (Wildman–Crippen LogP) is 6.43. The van der Waals surface area contributed by atoms with Crippen LogP contribution in [0, 0.1) is 0 Å². The van der Waals surface area contributed by atoms with Crippen molar-refractivity contribution >= 4 is 88.9 Å². The van der Waals surface area contributed by atoms with Gasteiger partial charge in [-0.25, -0.2) is 4.98 Å². The molecule has 0 saturated carbocycles. The predicted molar refractivity (Wildman–Crippen MR) is 170 cm³/mol. The van der Waals surface area contributed by atoms with E-state index in [9.17, 15) is 30.7 Å². The summed E-state index contributed by atoms with van der Waals surface area (Å²) in [7, 11) is -9.37. The van der Waals surface area contributed by atoms with Crippen LogP contribution in [-0.4, -0.2) is 42.0 Å². The summed E-state index contributed by atoms with van der Waals surface area (Å²) in [6.45, 7) is 1.17. The molecule has 4 aromatic carbocycles. The van der Waals surface area contributed by atoms with Crippen LogP contribution in [-0.2, 0) is 25.0 Å². The van der Waals surface area contributed by atoms with E-state index in [0.717, 1.165) is 17.1 Å². The molecule has 0 aliphatic rings. The number of carbonyl (C=O) groups excluding carboxylic acids is 1. The van der Waals surface area contributed by atoms with E-state index in [4.69, 9.17) is 0 Å². The summed E-state index contributed by atoms with van der Waals surface area (Å²) >= 11 is 4.46. The molecule has 218 valence electrons. The topological polar surface area (TPSA) is 163 Å². The molecule has 0 aliphatic carbocycles. The largest absolute Gasteiger partial charge is 0.325 e. The molecule has 0 radical (unpaired) electrons. The number of nitrogens with zero attached hydrogens (tertiary/aromatic N) is 2. The van der Waals surface area contributed by atoms with Crippen LogP contribution >= 0.6 is 12.2 Å². The number of aromatic nitrogens is 1. The molecule has 0 atom stereocenters. The van der Waals surface area contributed by atoms with Crippen molar-refractivity contribution in [3.05, 3.63) is 102 Å². The van der Waals surface area contributed by atoms with Gasteiger partial charge in [-0.05, 0) is 59.7 Å². The first-order valence-electron chi connectivity index (χ1n) is 12.4. The van der Waals surface area contributed by atoms with Gasteiger partial charge in [-0.15, -0.1) is 0 Å². The highest BCUT2D eigenvalue weighted by Gasteiger charge is 2.20. The minimum atomic E-state index is -4.74. The molecule has 1 heterocycles. The van der Waals surface area contributed by atoms with Gasteiger partial charge in [0.05, 0.1) is 27.6 Å². The van der Waals surface area contributed by atoms with Gasteiger partial charge in [0, 0.05) is 17.7 Å². The monoisotopic (exact) mass is 633 g/mol. The maximum atomic E-state index is 11.8. The van der Waals surface area contributed by atoms with E-state index in [1.54, 1.807) is 0 Å². The number of amides is 1. The van der Waals surface area contributed by atoms with Crippen LogP contribution in [0.4, 0.5) is 11.4 Å². The normalized spacial score (nSPS) is 11.5. The SMILES string of the molecule is CC(=O)Nc1cccc(C=Cc2ccc(N=C=S)cc2S(=O)(=O)O)c1S(=O)(=O)O.c1ccc2nc3ccccc3cc2c1. The number of hydrogen-bond acceptors (Lipinski definition) is 8. The molecule has 0 unspecified atom stereocenters. The molecule has 13 heteroatoms. The fourth-order valence-electron chi connectivity index (χ4n) is 4.17. The molecule has 5 rings (SSSR count). The molecular weight excluding hydrogens is 611 g/mol. The van der Waals surface area contributed by atoms with Gasteiger partial charge in [-0.3, -0.25) is 13.9 Å². The number of rotatable bonds is 6. The van der Waals surface area contributed by atoms with Gasteiger partial charge in [0.15, 0.2) is 0 Å². The van der Waals surface area contributed by atoms with Crippen LogP contribution in [0.5, 0.6) is 0 Å². The molecule has 0 aliphatic heterocycles. The Kier molecular flexibility index (Phi) is 9.56. The molecule has 0 bridgehead atoms. The second-order valence-corrected chi connectivity index (χ2v) is 11.9. The second-order valence-electron chi connectivity index (χ2n) is 8.99. The number of thiocarbonyl (C=S) groups is 1. The number of isothiocyanates is 1. The Morgan fingerprint density at radius 1 is 0.814 bits per heavy atom. The number of nitrogens with one attached hydrogen (secondary N) is 1. The summed E-state index contributed by atoms with van der Waals surface area (Å²) in [5.74, 6) is -0.556. The fourth-order valence-corrected chi connectivity index (χ4v) is 5.81. The Labute approximate surface area is 252 Å². The van der Waals surface area contributed by atoms with Gasteiger partial charge < -0.3 is 5.32 Å². The van der Waals surface area contributed by atoms with E-state index in [1.807, 2.05) is 36.4 Å². The van der Waals surface area contributed by atoms with Crippen molar-refractivity contribution in [2.45, 2.75) is 16.7 Å². The van der Waals surface area contributed by atoms with Crippen LogP contribution < -0.4 is 5.32 Å². The Morgan fingerprint density at radius 2 is 1.42 bits per heavy atom. The third kappa shape index (κ3) is 8.02. The zero-order valence-electron chi connectivity index (χ0n) is 22.4. The molecule has 43 heavy (non-hydrogen) atoms. The molecule has 10 nitrogen and oxygen atoms in total. The molecule has 0 saturated heterocycles. The van der Waals surface area contributed by atoms with Gasteiger partial charge >= 0.3 is 0 Å². The van der Waals surface area contributed by atoms with Gasteiger partial charge in [0.1, 0.15) is 9.79 Å². The van der Waals surface area contributed by atoms with Crippen LogP contribution in [0.3, 0.4) is 0 Å². The molecule has 3 N–H and O–H groups in total. The van der Waals surface area contributed by atoms with Crippen molar-refractivity contribution < 1.29 is 30.7 Å². The summed E-state index contributed by atoms with van der Waals surface area (Å²) in [4.78, 5) is 18.5. The van der Waals surface area contributed by atoms with Crippen molar-refractivity contribution in [2.24, 2.45) is 4.99 Å². The summed E-state index contributed by atoms with van der Waals surface area (Å²) in [5, 5.41) is 6.77. The highest BCUT2D eigenvalue weighted by atomic mass is 32.2. The van der Waals surface area contributed by atoms with Crippen molar-refractivity contribution in [1.82, 2.24) is 4.98 Å². The average molecular weight is 634 g/mol. The maximum absolute atomic E-state index is 11.8. The summed E-state index contributed by atoms with van der Waals surface area (Å²) in [6, 6.07) is 26.4. The zero-order valence-corrected chi connectivity index (χ0v) is 24.8. The first-order valence-corrected chi connectivity index (χ1v) is 15.7. The van der Waals surface area contributed by atoms with Crippen LogP contribution in [0.25, 0.3) is 34.0 Å². The highest BCUT2D eigenvalue weighted by molar-refractivity contribution is 7.86. The Morgan fingerprint density at radius 3 is 1.98 bits per heavy atom. The van der Waals surface area contributed by atoms with Crippen LogP contribution in [0.1, 0.15) is 18.1 Å². The van der Waals surface area contributed by atoms with Gasteiger partial charge in [0.25, 0.3) is 20.2 Å². The first-order chi connectivity index (χ1) is 20.4. The standard InChI is InChI=1S/C17H14N2O7S3.C13H9N/c1-11(20)19-15-4-2-3-13(17(15)29(24,25)26)6-5-12-7-8-14(18-10-27)9-16(12)28(21,22)23;1-3-7-12-10(5-1)9-11-6-2-4-8-13(11)14-12/h2-9H,1H3,(H,19,20)(H,21,22,23)(H,24,25,26);1-9H. The smallest absolute Gasteiger partial charge is 0.297 e. The quantitative estimate of drug-likeness (QED) is 0.0628. The van der Waals surface area contributed by atoms with E-state index in [0.29, 0.717) is 0 Å². The minimum absolute atomic E-state index is 0.0158.